The van der Waals surface area contributed by atoms with Crippen molar-refractivity contribution in [3.63, 3.8) is 0 Å². The number of carbonyl (C=O) groups excluding carboxylic acids is 4. The zero-order chi connectivity index (χ0) is 38.2. The summed E-state index contributed by atoms with van der Waals surface area (Å²) in [4.78, 5) is 61.2. The minimum absolute atomic E-state index is 0.0192. The Hall–Kier alpha value is -4.44. The summed E-state index contributed by atoms with van der Waals surface area (Å²) in [6.07, 6.45) is 5.02. The lowest BCUT2D eigenvalue weighted by Gasteiger charge is -2.35. The van der Waals surface area contributed by atoms with Gasteiger partial charge in [0.05, 0.1) is 19.2 Å². The number of hydrogen-bond acceptors (Lipinski definition) is 10. The maximum Gasteiger partial charge on any atom is 0.408 e. The Labute approximate surface area is 305 Å². The first-order chi connectivity index (χ1) is 24.4. The van der Waals surface area contributed by atoms with E-state index in [1.165, 1.54) is 25.1 Å². The Morgan fingerprint density at radius 2 is 1.83 bits per heavy atom. The highest BCUT2D eigenvalue weighted by Crippen LogP contribution is 2.45. The van der Waals surface area contributed by atoms with Gasteiger partial charge >= 0.3 is 16.3 Å². The summed E-state index contributed by atoms with van der Waals surface area (Å²) < 4.78 is 45.7. The van der Waals surface area contributed by atoms with Crippen LogP contribution in [0.25, 0.3) is 10.9 Å². The van der Waals surface area contributed by atoms with Gasteiger partial charge in [-0.15, -0.1) is 6.58 Å². The molecule has 3 N–H and O–H groups in total. The summed E-state index contributed by atoms with van der Waals surface area (Å²) in [6.45, 7) is 11.0. The van der Waals surface area contributed by atoms with Gasteiger partial charge < -0.3 is 29.7 Å². The maximum atomic E-state index is 14.5. The molecule has 2 aromatic rings. The number of likely N-dealkylation sites (tertiary alicyclic amines) is 1. The highest BCUT2D eigenvalue weighted by atomic mass is 32.2. The van der Waals surface area contributed by atoms with Crippen molar-refractivity contribution in [2.75, 3.05) is 27.7 Å². The molecule has 0 radical (unpaired) electrons. The molecule has 3 fully saturated rings. The van der Waals surface area contributed by atoms with Gasteiger partial charge in [-0.2, -0.15) is 12.7 Å². The predicted octanol–water partition coefficient (Wildman–Crippen LogP) is 2.97. The summed E-state index contributed by atoms with van der Waals surface area (Å²) in [5.74, 6) is -1.72. The summed E-state index contributed by atoms with van der Waals surface area (Å²) in [5.41, 5.74) is -0.922. The Morgan fingerprint density at radius 1 is 1.13 bits per heavy atom. The second-order valence-electron chi connectivity index (χ2n) is 15.1. The van der Waals surface area contributed by atoms with Gasteiger partial charge in [-0.05, 0) is 56.6 Å². The Bertz CT molecular complexity index is 1840. The number of carbonyl (C=O) groups is 4. The van der Waals surface area contributed by atoms with Crippen LogP contribution in [0, 0.1) is 18.3 Å². The maximum absolute atomic E-state index is 14.5. The molecule has 4 amide bonds. The molecule has 1 saturated heterocycles. The van der Waals surface area contributed by atoms with Crippen molar-refractivity contribution < 1.29 is 41.8 Å². The second kappa shape index (κ2) is 14.9. The van der Waals surface area contributed by atoms with E-state index in [0.717, 1.165) is 35.6 Å². The molecule has 2 aliphatic carbocycles. The molecule has 2 unspecified atom stereocenters. The minimum Gasteiger partial charge on any atom is -0.496 e. The zero-order valence-corrected chi connectivity index (χ0v) is 31.7. The van der Waals surface area contributed by atoms with E-state index in [1.807, 2.05) is 17.7 Å². The number of fused-ring (bicyclic) bond motifs is 1. The van der Waals surface area contributed by atoms with Gasteiger partial charge in [-0.1, -0.05) is 26.8 Å². The van der Waals surface area contributed by atoms with E-state index in [2.05, 4.69) is 22.2 Å². The Morgan fingerprint density at radius 3 is 2.42 bits per heavy atom. The molecule has 2 saturated carbocycles. The average molecular weight is 743 g/mol. The smallest absolute Gasteiger partial charge is 0.408 e. The SMILES string of the molecule is C=CC1CC1(NC(=O)[C@@H]1C[C@@H](Oc2cc(OC)c(C)c3ncccc23)CN1C(=O)[C@@H](NC(=O)OC1CCCC1)C(C)(C)C)C(=O)NS(=O)(=O)N(C)C. The van der Waals surface area contributed by atoms with Gasteiger partial charge in [0.1, 0.15) is 41.3 Å². The van der Waals surface area contributed by atoms with Crippen molar-refractivity contribution in [2.45, 2.75) is 96.1 Å². The number of benzene rings is 1. The van der Waals surface area contributed by atoms with Gasteiger partial charge in [-0.3, -0.25) is 19.4 Å². The van der Waals surface area contributed by atoms with Gasteiger partial charge in [0.2, 0.25) is 11.8 Å². The van der Waals surface area contributed by atoms with Crippen LogP contribution in [0.4, 0.5) is 4.79 Å². The normalized spacial score (nSPS) is 23.9. The number of aryl methyl sites for hydroxylation is 1. The van der Waals surface area contributed by atoms with Crippen LogP contribution >= 0.6 is 0 Å². The van der Waals surface area contributed by atoms with Crippen molar-refractivity contribution in [2.24, 2.45) is 11.3 Å². The third-order valence-electron chi connectivity index (χ3n) is 10.1. The lowest BCUT2D eigenvalue weighted by atomic mass is 9.85. The van der Waals surface area contributed by atoms with E-state index in [4.69, 9.17) is 14.2 Å². The number of rotatable bonds is 12. The van der Waals surface area contributed by atoms with Crippen molar-refractivity contribution in [1.29, 1.82) is 0 Å². The van der Waals surface area contributed by atoms with Gasteiger partial charge in [0.15, 0.2) is 0 Å². The van der Waals surface area contributed by atoms with Crippen molar-refractivity contribution in [3.05, 3.63) is 42.6 Å². The Balaban J connectivity index is 1.46. The number of amides is 4. The number of hydrogen-bond donors (Lipinski definition) is 3. The van der Waals surface area contributed by atoms with Crippen LogP contribution in [0.5, 0.6) is 11.5 Å². The first-order valence-corrected chi connectivity index (χ1v) is 18.9. The van der Waals surface area contributed by atoms with Crippen LogP contribution in [-0.2, 0) is 29.3 Å². The predicted molar refractivity (Wildman–Crippen MR) is 193 cm³/mol. The number of ether oxygens (including phenoxy) is 3. The molecule has 16 heteroatoms. The molecule has 15 nitrogen and oxygen atoms in total. The first-order valence-electron chi connectivity index (χ1n) is 17.5. The molecule has 5 rings (SSSR count). The monoisotopic (exact) mass is 742 g/mol. The van der Waals surface area contributed by atoms with E-state index in [-0.39, 0.29) is 25.5 Å². The molecule has 52 heavy (non-hydrogen) atoms. The van der Waals surface area contributed by atoms with Crippen LogP contribution < -0.4 is 24.8 Å². The fourth-order valence-corrected chi connectivity index (χ4v) is 7.55. The molecule has 284 valence electrons. The number of methoxy groups -OCH3 is 1. The number of pyridine rings is 1. The van der Waals surface area contributed by atoms with Crippen LogP contribution in [0.2, 0.25) is 0 Å². The molecule has 0 spiro atoms. The van der Waals surface area contributed by atoms with Gasteiger partial charge in [0.25, 0.3) is 5.91 Å². The molecule has 1 aliphatic heterocycles. The number of alkyl carbamates (subject to hydrolysis) is 1. The molecule has 0 bridgehead atoms. The highest BCUT2D eigenvalue weighted by Gasteiger charge is 2.61. The van der Waals surface area contributed by atoms with Gasteiger partial charge in [-0.25, -0.2) is 9.52 Å². The number of nitrogens with zero attached hydrogens (tertiary/aromatic N) is 3. The molecule has 1 aromatic heterocycles. The van der Waals surface area contributed by atoms with E-state index in [1.54, 1.807) is 46.2 Å². The van der Waals surface area contributed by atoms with E-state index in [9.17, 15) is 27.6 Å². The highest BCUT2D eigenvalue weighted by molar-refractivity contribution is 7.87. The summed E-state index contributed by atoms with van der Waals surface area (Å²) in [5, 5.41) is 6.24. The minimum atomic E-state index is -4.17. The third kappa shape index (κ3) is 7.97. The number of nitrogens with one attached hydrogen (secondary N) is 3. The van der Waals surface area contributed by atoms with Crippen LogP contribution in [0.15, 0.2) is 37.1 Å². The quantitative estimate of drug-likeness (QED) is 0.273. The standard InChI is InChI=1S/C36H50N6O9S/c1-9-22-19-36(22,33(45)40-52(47,48)41(6)7)39-31(43)26-17-24(50-28-18-27(49-8)21(2)29-25(28)15-12-16-37-29)20-42(26)32(44)30(35(3,4)5)38-34(46)51-23-13-10-11-14-23/h9,12,15-16,18,22-24,26,30H,1,10-11,13-14,17,19-20H2,2-8H3,(H,38,46)(H,39,43)(H,40,45)/t22?,24-,26+,30-,36?/m1/s1. The summed E-state index contributed by atoms with van der Waals surface area (Å²) in [7, 11) is -0.0911. The van der Waals surface area contributed by atoms with Gasteiger partial charge in [0, 0.05) is 49.6 Å². The van der Waals surface area contributed by atoms with E-state index < -0.39 is 69.1 Å². The number of aromatic nitrogens is 1. The van der Waals surface area contributed by atoms with Crippen molar-refractivity contribution in [3.8, 4) is 11.5 Å². The van der Waals surface area contributed by atoms with Crippen LogP contribution in [0.3, 0.4) is 0 Å². The molecular weight excluding hydrogens is 692 g/mol. The third-order valence-corrected chi connectivity index (χ3v) is 11.5. The van der Waals surface area contributed by atoms with Crippen molar-refractivity contribution >= 4 is 44.9 Å². The summed E-state index contributed by atoms with van der Waals surface area (Å²) in [6, 6.07) is 3.12. The van der Waals surface area contributed by atoms with Crippen molar-refractivity contribution in [1.82, 2.24) is 29.5 Å². The molecule has 5 atom stereocenters. The second-order valence-corrected chi connectivity index (χ2v) is 16.9. The molecular formula is C36H50N6O9S. The molecule has 1 aromatic carbocycles. The lowest BCUT2D eigenvalue weighted by Crippen LogP contribution is -2.60. The van der Waals surface area contributed by atoms with E-state index >= 15 is 0 Å². The fourth-order valence-electron chi connectivity index (χ4n) is 6.95. The first kappa shape index (κ1) is 38.8. The fraction of sp³-hybridized carbons (Fsp3) is 0.583. The Kier molecular flexibility index (Phi) is 11.1. The molecule has 3 aliphatic rings. The largest absolute Gasteiger partial charge is 0.496 e. The zero-order valence-electron chi connectivity index (χ0n) is 30.9. The average Bonchev–Trinajstić information content (AvgIpc) is 3.35. The van der Waals surface area contributed by atoms with Crippen LogP contribution in [0.1, 0.15) is 64.9 Å². The molecule has 2 heterocycles. The van der Waals surface area contributed by atoms with E-state index in [0.29, 0.717) is 22.4 Å². The summed E-state index contributed by atoms with van der Waals surface area (Å²) >= 11 is 0. The van der Waals surface area contributed by atoms with Crippen LogP contribution in [-0.4, -0.2) is 104 Å². The lowest BCUT2D eigenvalue weighted by molar-refractivity contribution is -0.143. The topological polar surface area (TPSA) is 186 Å².